The number of amides is 3. The molecule has 1 aliphatic rings. The summed E-state index contributed by atoms with van der Waals surface area (Å²) < 4.78 is 10.5. The summed E-state index contributed by atoms with van der Waals surface area (Å²) in [6.45, 7) is 6.31. The lowest BCUT2D eigenvalue weighted by molar-refractivity contribution is 0.0643. The van der Waals surface area contributed by atoms with E-state index in [1.807, 2.05) is 4.90 Å². The predicted octanol–water partition coefficient (Wildman–Crippen LogP) is 5.64. The Kier molecular flexibility index (Phi) is 9.98. The van der Waals surface area contributed by atoms with Gasteiger partial charge in [0.2, 0.25) is 0 Å². The molecule has 0 aliphatic carbocycles. The molecule has 0 atom stereocenters. The number of methoxy groups -OCH3 is 2. The maximum atomic E-state index is 13.1. The number of urea groups is 1. The summed E-state index contributed by atoms with van der Waals surface area (Å²) in [7, 11) is 4.29. The number of piperazine rings is 1. The third-order valence-corrected chi connectivity index (χ3v) is 7.75. The number of aromatic nitrogens is 2. The smallest absolute Gasteiger partial charge is 0.327 e. The average molecular weight is 623 g/mol. The van der Waals surface area contributed by atoms with E-state index in [0.717, 1.165) is 32.7 Å². The Balaban J connectivity index is 1.44. The monoisotopic (exact) mass is 621 g/mol. The molecule has 0 bridgehead atoms. The van der Waals surface area contributed by atoms with Crippen molar-refractivity contribution in [3.8, 4) is 11.5 Å². The Morgan fingerprint density at radius 1 is 0.951 bits per heavy atom. The quantitative estimate of drug-likeness (QED) is 0.332. The summed E-state index contributed by atoms with van der Waals surface area (Å²) in [6, 6.07) is 8.17. The number of hydrogen-bond donors (Lipinski definition) is 2. The lowest BCUT2D eigenvalue weighted by Crippen LogP contribution is -2.48. The molecule has 3 aromatic rings. The second kappa shape index (κ2) is 13.4. The van der Waals surface area contributed by atoms with Crippen LogP contribution in [-0.2, 0) is 0 Å². The standard InChI is InChI=1S/C27H30Cl3N7O4/c1-5-36-10-12-37(13-11-36)26(38)16-6-8-17(9-7-16)33-18-14-19(32-15-31-18)35(2)27(39)34-23-20(28)24(40-3)22(30)25(41-4)21(23)29/h6-9,14-15H,5,10-13H2,1-4H3,(H,34,39)(H,31,32,33). The van der Waals surface area contributed by atoms with Crippen molar-refractivity contribution in [1.82, 2.24) is 19.8 Å². The van der Waals surface area contributed by atoms with Gasteiger partial charge < -0.3 is 29.9 Å². The van der Waals surface area contributed by atoms with Gasteiger partial charge in [0.25, 0.3) is 5.91 Å². The van der Waals surface area contributed by atoms with Gasteiger partial charge in [0.15, 0.2) is 11.5 Å². The number of hydrogen-bond acceptors (Lipinski definition) is 8. The van der Waals surface area contributed by atoms with Crippen LogP contribution in [-0.4, -0.2) is 85.7 Å². The fourth-order valence-corrected chi connectivity index (χ4v) is 5.39. The second-order valence-corrected chi connectivity index (χ2v) is 10.2. The highest BCUT2D eigenvalue weighted by atomic mass is 35.5. The minimum absolute atomic E-state index is 0.0141. The fourth-order valence-electron chi connectivity index (χ4n) is 4.27. The van der Waals surface area contributed by atoms with E-state index in [9.17, 15) is 9.59 Å². The molecule has 2 aromatic carbocycles. The van der Waals surface area contributed by atoms with E-state index in [-0.39, 0.29) is 44.0 Å². The summed E-state index contributed by atoms with van der Waals surface area (Å²) in [5.74, 6) is 0.953. The van der Waals surface area contributed by atoms with Crippen LogP contribution in [0.1, 0.15) is 17.3 Å². The van der Waals surface area contributed by atoms with Crippen LogP contribution in [0.15, 0.2) is 36.7 Å². The summed E-state index contributed by atoms with van der Waals surface area (Å²) in [5.41, 5.74) is 1.40. The molecule has 1 aromatic heterocycles. The summed E-state index contributed by atoms with van der Waals surface area (Å²) in [6.07, 6.45) is 1.32. The van der Waals surface area contributed by atoms with Crippen molar-refractivity contribution in [3.05, 3.63) is 57.3 Å². The average Bonchev–Trinajstić information content (AvgIpc) is 2.99. The lowest BCUT2D eigenvalue weighted by atomic mass is 10.1. The summed E-state index contributed by atoms with van der Waals surface area (Å²) in [4.78, 5) is 39.9. The number of ether oxygens (including phenoxy) is 2. The molecule has 0 spiro atoms. The lowest BCUT2D eigenvalue weighted by Gasteiger charge is -2.34. The highest BCUT2D eigenvalue weighted by Gasteiger charge is 2.26. The van der Waals surface area contributed by atoms with E-state index < -0.39 is 6.03 Å². The van der Waals surface area contributed by atoms with Crippen molar-refractivity contribution in [1.29, 1.82) is 0 Å². The van der Waals surface area contributed by atoms with E-state index in [1.54, 1.807) is 30.3 Å². The van der Waals surface area contributed by atoms with Crippen molar-refractivity contribution >= 4 is 69.8 Å². The van der Waals surface area contributed by atoms with Crippen molar-refractivity contribution in [2.45, 2.75) is 6.92 Å². The van der Waals surface area contributed by atoms with Crippen LogP contribution in [0.4, 0.5) is 27.8 Å². The molecule has 2 N–H and O–H groups in total. The first kappa shape index (κ1) is 30.4. The van der Waals surface area contributed by atoms with E-state index in [4.69, 9.17) is 44.3 Å². The molecule has 14 heteroatoms. The molecular formula is C27H30Cl3N7O4. The fraction of sp³-hybridized carbons (Fsp3) is 0.333. The van der Waals surface area contributed by atoms with Crippen LogP contribution in [0, 0.1) is 0 Å². The first-order valence-corrected chi connectivity index (χ1v) is 13.9. The highest BCUT2D eigenvalue weighted by molar-refractivity contribution is 6.45. The molecule has 1 saturated heterocycles. The Hall–Kier alpha value is -3.51. The van der Waals surface area contributed by atoms with Crippen LogP contribution < -0.4 is 25.0 Å². The zero-order valence-corrected chi connectivity index (χ0v) is 25.3. The van der Waals surface area contributed by atoms with Crippen LogP contribution in [0.3, 0.4) is 0 Å². The first-order chi connectivity index (χ1) is 19.7. The first-order valence-electron chi connectivity index (χ1n) is 12.7. The molecule has 1 fully saturated rings. The highest BCUT2D eigenvalue weighted by Crippen LogP contribution is 2.50. The Morgan fingerprint density at radius 3 is 2.12 bits per heavy atom. The maximum Gasteiger partial charge on any atom is 0.327 e. The number of anilines is 4. The van der Waals surface area contributed by atoms with E-state index in [2.05, 4.69) is 32.4 Å². The van der Waals surface area contributed by atoms with Gasteiger partial charge >= 0.3 is 6.03 Å². The minimum atomic E-state index is -0.590. The molecule has 0 radical (unpaired) electrons. The predicted molar refractivity (Wildman–Crippen MR) is 162 cm³/mol. The molecule has 11 nitrogen and oxygen atoms in total. The normalized spacial score (nSPS) is 13.5. The van der Waals surface area contributed by atoms with Gasteiger partial charge in [-0.3, -0.25) is 9.69 Å². The zero-order chi connectivity index (χ0) is 29.7. The number of benzene rings is 2. The number of carbonyl (C=O) groups excluding carboxylic acids is 2. The van der Waals surface area contributed by atoms with Crippen molar-refractivity contribution < 1.29 is 19.1 Å². The number of nitrogens with one attached hydrogen (secondary N) is 2. The molecule has 4 rings (SSSR count). The largest absolute Gasteiger partial charge is 0.493 e. The second-order valence-electron chi connectivity index (χ2n) is 9.06. The van der Waals surface area contributed by atoms with Gasteiger partial charge in [0.1, 0.15) is 33.0 Å². The number of rotatable bonds is 8. The third kappa shape index (κ3) is 6.70. The van der Waals surface area contributed by atoms with Crippen molar-refractivity contribution in [2.75, 3.05) is 69.5 Å². The SMILES string of the molecule is CCN1CCN(C(=O)c2ccc(Nc3cc(N(C)C(=O)Nc4c(Cl)c(OC)c(Cl)c(OC)c4Cl)ncn3)cc2)CC1. The van der Waals surface area contributed by atoms with E-state index >= 15 is 0 Å². The molecule has 41 heavy (non-hydrogen) atoms. The van der Waals surface area contributed by atoms with Crippen molar-refractivity contribution in [3.63, 3.8) is 0 Å². The number of nitrogens with zero attached hydrogens (tertiary/aromatic N) is 5. The molecule has 1 aliphatic heterocycles. The molecule has 3 amide bonds. The van der Waals surface area contributed by atoms with E-state index in [0.29, 0.717) is 17.1 Å². The van der Waals surface area contributed by atoms with Crippen LogP contribution in [0.25, 0.3) is 0 Å². The Morgan fingerprint density at radius 2 is 1.56 bits per heavy atom. The minimum Gasteiger partial charge on any atom is -0.493 e. The molecular weight excluding hydrogens is 593 g/mol. The topological polar surface area (TPSA) is 112 Å². The van der Waals surface area contributed by atoms with Gasteiger partial charge in [-0.05, 0) is 30.8 Å². The number of likely N-dealkylation sites (N-methyl/N-ethyl adjacent to an activating group) is 1. The van der Waals surface area contributed by atoms with Gasteiger partial charge in [0, 0.05) is 50.5 Å². The van der Waals surface area contributed by atoms with Gasteiger partial charge in [-0.1, -0.05) is 41.7 Å². The summed E-state index contributed by atoms with van der Waals surface area (Å²) in [5, 5.41) is 5.93. The van der Waals surface area contributed by atoms with Gasteiger partial charge in [-0.25, -0.2) is 14.8 Å². The van der Waals surface area contributed by atoms with Crippen molar-refractivity contribution in [2.24, 2.45) is 0 Å². The summed E-state index contributed by atoms with van der Waals surface area (Å²) >= 11 is 19.1. The number of carbonyl (C=O) groups is 2. The number of halogens is 3. The van der Waals surface area contributed by atoms with Crippen LogP contribution in [0.5, 0.6) is 11.5 Å². The van der Waals surface area contributed by atoms with Gasteiger partial charge in [-0.2, -0.15) is 0 Å². The third-order valence-electron chi connectivity index (χ3n) is 6.69. The molecule has 2 heterocycles. The van der Waals surface area contributed by atoms with Crippen LogP contribution >= 0.6 is 34.8 Å². The van der Waals surface area contributed by atoms with E-state index in [1.165, 1.54) is 32.5 Å². The van der Waals surface area contributed by atoms with Gasteiger partial charge in [-0.15, -0.1) is 0 Å². The molecule has 0 unspecified atom stereocenters. The maximum absolute atomic E-state index is 13.1. The zero-order valence-electron chi connectivity index (χ0n) is 23.0. The Labute approximate surface area is 253 Å². The van der Waals surface area contributed by atoms with Gasteiger partial charge in [0.05, 0.1) is 19.9 Å². The van der Waals surface area contributed by atoms with Crippen LogP contribution in [0.2, 0.25) is 15.1 Å². The molecule has 218 valence electrons. The Bertz CT molecular complexity index is 1390. The molecule has 0 saturated carbocycles.